The zero-order valence-corrected chi connectivity index (χ0v) is 9.73. The fourth-order valence-corrected chi connectivity index (χ4v) is 1.89. The van der Waals surface area contributed by atoms with Crippen LogP contribution in [-0.2, 0) is 0 Å². The molecule has 2 nitrogen and oxygen atoms in total. The molecular weight excluding hydrogens is 198 g/mol. The highest BCUT2D eigenvalue weighted by Crippen LogP contribution is 2.28. The maximum Gasteiger partial charge on any atom is 0.126 e. The molecular formula is C14H17NO. The molecule has 0 saturated carbocycles. The zero-order chi connectivity index (χ0) is 11.5. The smallest absolute Gasteiger partial charge is 0.126 e. The van der Waals surface area contributed by atoms with E-state index in [0.29, 0.717) is 12.5 Å². The van der Waals surface area contributed by atoms with E-state index in [2.05, 4.69) is 31.2 Å². The second-order valence-electron chi connectivity index (χ2n) is 4.08. The number of hydrogen-bond donors (Lipinski definition) is 1. The van der Waals surface area contributed by atoms with Gasteiger partial charge >= 0.3 is 0 Å². The Kier molecular flexibility index (Phi) is 3.11. The molecule has 1 atom stereocenters. The van der Waals surface area contributed by atoms with Gasteiger partial charge in [-0.2, -0.15) is 0 Å². The number of ether oxygens (including phenoxy) is 1. The van der Waals surface area contributed by atoms with E-state index in [0.717, 1.165) is 11.1 Å². The van der Waals surface area contributed by atoms with Gasteiger partial charge in [0.05, 0.1) is 7.11 Å². The number of methoxy groups -OCH3 is 1. The molecule has 2 N–H and O–H groups in total. The van der Waals surface area contributed by atoms with Gasteiger partial charge in [-0.25, -0.2) is 0 Å². The van der Waals surface area contributed by atoms with E-state index in [-0.39, 0.29) is 0 Å². The first-order valence-electron chi connectivity index (χ1n) is 5.53. The van der Waals surface area contributed by atoms with E-state index in [1.165, 1.54) is 10.9 Å². The lowest BCUT2D eigenvalue weighted by Crippen LogP contribution is -2.08. The van der Waals surface area contributed by atoms with Crippen LogP contribution in [0.3, 0.4) is 0 Å². The van der Waals surface area contributed by atoms with Crippen molar-refractivity contribution in [2.24, 2.45) is 5.73 Å². The molecule has 0 amide bonds. The van der Waals surface area contributed by atoms with Crippen molar-refractivity contribution in [3.63, 3.8) is 0 Å². The third-order valence-corrected chi connectivity index (χ3v) is 3.01. The van der Waals surface area contributed by atoms with Gasteiger partial charge in [0.15, 0.2) is 0 Å². The summed E-state index contributed by atoms with van der Waals surface area (Å²) < 4.78 is 5.33. The fourth-order valence-electron chi connectivity index (χ4n) is 1.89. The van der Waals surface area contributed by atoms with Gasteiger partial charge in [0.2, 0.25) is 0 Å². The predicted octanol–water partition coefficient (Wildman–Crippen LogP) is 2.91. The van der Waals surface area contributed by atoms with Crippen molar-refractivity contribution in [2.45, 2.75) is 12.8 Å². The number of fused-ring (bicyclic) bond motifs is 1. The van der Waals surface area contributed by atoms with Crippen molar-refractivity contribution >= 4 is 10.8 Å². The van der Waals surface area contributed by atoms with Gasteiger partial charge in [0.25, 0.3) is 0 Å². The maximum atomic E-state index is 5.68. The first kappa shape index (κ1) is 11.0. The van der Waals surface area contributed by atoms with E-state index in [4.69, 9.17) is 10.5 Å². The Hall–Kier alpha value is -1.54. The van der Waals surface area contributed by atoms with Crippen LogP contribution in [0.15, 0.2) is 36.4 Å². The van der Waals surface area contributed by atoms with E-state index in [1.807, 2.05) is 12.1 Å². The van der Waals surface area contributed by atoms with Crippen LogP contribution in [0, 0.1) is 0 Å². The van der Waals surface area contributed by atoms with Crippen LogP contribution in [0.4, 0.5) is 0 Å². The van der Waals surface area contributed by atoms with Gasteiger partial charge in [0, 0.05) is 5.39 Å². The van der Waals surface area contributed by atoms with Crippen LogP contribution in [-0.4, -0.2) is 13.7 Å². The summed E-state index contributed by atoms with van der Waals surface area (Å²) in [6.45, 7) is 2.82. The average molecular weight is 215 g/mol. The Morgan fingerprint density at radius 1 is 1.25 bits per heavy atom. The van der Waals surface area contributed by atoms with Crippen LogP contribution < -0.4 is 10.5 Å². The zero-order valence-electron chi connectivity index (χ0n) is 9.73. The third kappa shape index (κ3) is 1.89. The summed E-state index contributed by atoms with van der Waals surface area (Å²) in [5.41, 5.74) is 6.96. The monoisotopic (exact) mass is 215 g/mol. The lowest BCUT2D eigenvalue weighted by atomic mass is 9.98. The molecule has 2 heteroatoms. The standard InChI is InChI=1S/C14H17NO/c1-10(9-15)11-6-7-13-12(8-11)4-3-5-14(13)16-2/h3-8,10H,9,15H2,1-2H3. The fraction of sp³-hybridized carbons (Fsp3) is 0.286. The molecule has 0 saturated heterocycles. The second kappa shape index (κ2) is 4.54. The summed E-state index contributed by atoms with van der Waals surface area (Å²) in [6.07, 6.45) is 0. The molecule has 1 unspecified atom stereocenters. The molecule has 0 aliphatic rings. The quantitative estimate of drug-likeness (QED) is 0.854. The van der Waals surface area contributed by atoms with E-state index < -0.39 is 0 Å². The molecule has 16 heavy (non-hydrogen) atoms. The van der Waals surface area contributed by atoms with Crippen LogP contribution >= 0.6 is 0 Å². The molecule has 2 aromatic rings. The van der Waals surface area contributed by atoms with Gasteiger partial charge in [-0.3, -0.25) is 0 Å². The Labute approximate surface area is 96.0 Å². The summed E-state index contributed by atoms with van der Waals surface area (Å²) in [5, 5.41) is 2.36. The van der Waals surface area contributed by atoms with Crippen molar-refractivity contribution in [1.82, 2.24) is 0 Å². The van der Waals surface area contributed by atoms with Gasteiger partial charge < -0.3 is 10.5 Å². The first-order valence-corrected chi connectivity index (χ1v) is 5.53. The molecule has 0 bridgehead atoms. The van der Waals surface area contributed by atoms with Gasteiger partial charge in [0.1, 0.15) is 5.75 Å². The van der Waals surface area contributed by atoms with E-state index >= 15 is 0 Å². The van der Waals surface area contributed by atoms with Crippen LogP contribution in [0.2, 0.25) is 0 Å². The Morgan fingerprint density at radius 2 is 2.06 bits per heavy atom. The number of benzene rings is 2. The molecule has 84 valence electrons. The van der Waals surface area contributed by atoms with Gasteiger partial charge in [-0.15, -0.1) is 0 Å². The summed E-state index contributed by atoms with van der Waals surface area (Å²) in [6, 6.07) is 12.5. The van der Waals surface area contributed by atoms with Crippen molar-refractivity contribution in [2.75, 3.05) is 13.7 Å². The summed E-state index contributed by atoms with van der Waals surface area (Å²) >= 11 is 0. The highest BCUT2D eigenvalue weighted by molar-refractivity contribution is 5.88. The summed E-state index contributed by atoms with van der Waals surface area (Å²) in [4.78, 5) is 0. The largest absolute Gasteiger partial charge is 0.496 e. The summed E-state index contributed by atoms with van der Waals surface area (Å²) in [7, 11) is 1.70. The number of hydrogen-bond acceptors (Lipinski definition) is 2. The van der Waals surface area contributed by atoms with Gasteiger partial charge in [-0.1, -0.05) is 37.3 Å². The molecule has 0 aromatic heterocycles. The molecule has 0 heterocycles. The minimum Gasteiger partial charge on any atom is -0.496 e. The average Bonchev–Trinajstić information content (AvgIpc) is 2.36. The summed E-state index contributed by atoms with van der Waals surface area (Å²) in [5.74, 6) is 1.32. The van der Waals surface area contributed by atoms with Gasteiger partial charge in [-0.05, 0) is 29.5 Å². The number of nitrogens with two attached hydrogens (primary N) is 1. The van der Waals surface area contributed by atoms with Crippen molar-refractivity contribution in [1.29, 1.82) is 0 Å². The minimum atomic E-state index is 0.399. The normalized spacial score (nSPS) is 12.7. The maximum absolute atomic E-state index is 5.68. The number of rotatable bonds is 3. The SMILES string of the molecule is COc1cccc2cc(C(C)CN)ccc12. The molecule has 0 radical (unpaired) electrons. The third-order valence-electron chi connectivity index (χ3n) is 3.01. The Balaban J connectivity index is 2.55. The van der Waals surface area contributed by atoms with E-state index in [1.54, 1.807) is 7.11 Å². The first-order chi connectivity index (χ1) is 7.76. The van der Waals surface area contributed by atoms with Crippen LogP contribution in [0.1, 0.15) is 18.4 Å². The molecule has 0 aliphatic carbocycles. The molecule has 2 rings (SSSR count). The minimum absolute atomic E-state index is 0.399. The predicted molar refractivity (Wildman–Crippen MR) is 68.0 cm³/mol. The van der Waals surface area contributed by atoms with Crippen LogP contribution in [0.5, 0.6) is 5.75 Å². The van der Waals surface area contributed by atoms with Crippen LogP contribution in [0.25, 0.3) is 10.8 Å². The molecule has 0 fully saturated rings. The second-order valence-corrected chi connectivity index (χ2v) is 4.08. The van der Waals surface area contributed by atoms with Crippen molar-refractivity contribution < 1.29 is 4.74 Å². The highest BCUT2D eigenvalue weighted by Gasteiger charge is 2.06. The lowest BCUT2D eigenvalue weighted by Gasteiger charge is -2.11. The highest BCUT2D eigenvalue weighted by atomic mass is 16.5. The van der Waals surface area contributed by atoms with E-state index in [9.17, 15) is 0 Å². The lowest BCUT2D eigenvalue weighted by molar-refractivity contribution is 0.420. The Morgan fingerprint density at radius 3 is 2.75 bits per heavy atom. The molecule has 0 aliphatic heterocycles. The topological polar surface area (TPSA) is 35.2 Å². The molecule has 2 aromatic carbocycles. The van der Waals surface area contributed by atoms with Crippen molar-refractivity contribution in [3.8, 4) is 5.75 Å². The Bertz CT molecular complexity index is 493. The van der Waals surface area contributed by atoms with Crippen molar-refractivity contribution in [3.05, 3.63) is 42.0 Å². The molecule has 0 spiro atoms.